The van der Waals surface area contributed by atoms with Crippen LogP contribution in [0.1, 0.15) is 32.1 Å². The number of hydrogen-bond acceptors (Lipinski definition) is 2. The Bertz CT molecular complexity index is 179. The van der Waals surface area contributed by atoms with E-state index in [1.807, 2.05) is 0 Å². The van der Waals surface area contributed by atoms with E-state index in [-0.39, 0.29) is 0 Å². The van der Waals surface area contributed by atoms with Crippen molar-refractivity contribution in [3.63, 3.8) is 0 Å². The predicted molar refractivity (Wildman–Crippen MR) is 59.1 cm³/mol. The molecular weight excluding hydrogens is 174 g/mol. The molecule has 0 aromatic carbocycles. The molecule has 1 saturated heterocycles. The van der Waals surface area contributed by atoms with Crippen LogP contribution in [0, 0.1) is 18.3 Å². The minimum atomic E-state index is 0.632. The van der Waals surface area contributed by atoms with Crippen molar-refractivity contribution in [3.8, 4) is 12.3 Å². The Morgan fingerprint density at radius 2 is 2.21 bits per heavy atom. The van der Waals surface area contributed by atoms with Crippen molar-refractivity contribution in [1.82, 2.24) is 5.32 Å². The largest absolute Gasteiger partial charge is 0.381 e. The summed E-state index contributed by atoms with van der Waals surface area (Å²) >= 11 is 0. The predicted octanol–water partition coefficient (Wildman–Crippen LogP) is 1.80. The van der Waals surface area contributed by atoms with Crippen LogP contribution in [-0.2, 0) is 4.74 Å². The van der Waals surface area contributed by atoms with Gasteiger partial charge in [-0.25, -0.2) is 0 Å². The molecule has 1 atom stereocenters. The Kier molecular flexibility index (Phi) is 5.66. The molecule has 1 heterocycles. The zero-order chi connectivity index (χ0) is 10.2. The van der Waals surface area contributed by atoms with Crippen molar-refractivity contribution >= 4 is 0 Å². The fourth-order valence-electron chi connectivity index (χ4n) is 2.16. The van der Waals surface area contributed by atoms with Gasteiger partial charge in [0.25, 0.3) is 0 Å². The van der Waals surface area contributed by atoms with Crippen LogP contribution in [-0.4, -0.2) is 26.3 Å². The summed E-state index contributed by atoms with van der Waals surface area (Å²) in [5.74, 6) is 3.48. The highest BCUT2D eigenvalue weighted by Crippen LogP contribution is 2.21. The van der Waals surface area contributed by atoms with E-state index in [0.717, 1.165) is 32.0 Å². The molecule has 1 fully saturated rings. The standard InChI is InChI=1S/C12H21NO/c1-3-4-5-6-12(13-2)11-7-9-14-10-8-11/h1,11-13H,4-10H2,2H3. The number of rotatable bonds is 5. The van der Waals surface area contributed by atoms with Crippen LogP contribution in [0.4, 0.5) is 0 Å². The molecule has 0 aromatic heterocycles. The number of nitrogens with one attached hydrogen (secondary N) is 1. The lowest BCUT2D eigenvalue weighted by atomic mass is 9.89. The molecule has 0 bridgehead atoms. The van der Waals surface area contributed by atoms with E-state index in [1.54, 1.807) is 0 Å². The Morgan fingerprint density at radius 3 is 2.79 bits per heavy atom. The van der Waals surface area contributed by atoms with Crippen molar-refractivity contribution in [3.05, 3.63) is 0 Å². The first kappa shape index (κ1) is 11.6. The molecule has 1 rings (SSSR count). The molecule has 0 radical (unpaired) electrons. The fraction of sp³-hybridized carbons (Fsp3) is 0.833. The topological polar surface area (TPSA) is 21.3 Å². The quantitative estimate of drug-likeness (QED) is 0.533. The minimum absolute atomic E-state index is 0.632. The molecular formula is C12H21NO. The third-order valence-corrected chi connectivity index (χ3v) is 3.04. The van der Waals surface area contributed by atoms with Gasteiger partial charge in [0, 0.05) is 25.7 Å². The van der Waals surface area contributed by atoms with Crippen molar-refractivity contribution in [1.29, 1.82) is 0 Å². The maximum absolute atomic E-state index is 5.36. The fourth-order valence-corrected chi connectivity index (χ4v) is 2.16. The molecule has 14 heavy (non-hydrogen) atoms. The molecule has 1 N–H and O–H groups in total. The first-order chi connectivity index (χ1) is 6.88. The highest BCUT2D eigenvalue weighted by Gasteiger charge is 2.21. The highest BCUT2D eigenvalue weighted by molar-refractivity contribution is 4.85. The smallest absolute Gasteiger partial charge is 0.0469 e. The normalized spacial score (nSPS) is 20.3. The van der Waals surface area contributed by atoms with E-state index in [2.05, 4.69) is 18.3 Å². The summed E-state index contributed by atoms with van der Waals surface area (Å²) in [4.78, 5) is 0. The van der Waals surface area contributed by atoms with Gasteiger partial charge in [-0.15, -0.1) is 12.3 Å². The summed E-state index contributed by atoms with van der Waals surface area (Å²) in [5.41, 5.74) is 0. The molecule has 1 aliphatic rings. The van der Waals surface area contributed by atoms with Crippen molar-refractivity contribution < 1.29 is 4.74 Å². The Hall–Kier alpha value is -0.520. The summed E-state index contributed by atoms with van der Waals surface area (Å²) in [5, 5.41) is 3.41. The molecule has 0 spiro atoms. The van der Waals surface area contributed by atoms with Crippen LogP contribution >= 0.6 is 0 Å². The molecule has 0 amide bonds. The van der Waals surface area contributed by atoms with Gasteiger partial charge in [0.15, 0.2) is 0 Å². The van der Waals surface area contributed by atoms with E-state index < -0.39 is 0 Å². The first-order valence-corrected chi connectivity index (χ1v) is 5.57. The van der Waals surface area contributed by atoms with Crippen molar-refractivity contribution in [2.75, 3.05) is 20.3 Å². The summed E-state index contributed by atoms with van der Waals surface area (Å²) in [7, 11) is 2.05. The second-order valence-electron chi connectivity index (χ2n) is 3.94. The third-order valence-electron chi connectivity index (χ3n) is 3.04. The second kappa shape index (κ2) is 6.86. The van der Waals surface area contributed by atoms with Crippen LogP contribution in [0.25, 0.3) is 0 Å². The lowest BCUT2D eigenvalue weighted by Gasteiger charge is -2.30. The average molecular weight is 195 g/mol. The lowest BCUT2D eigenvalue weighted by Crippen LogP contribution is -2.36. The SMILES string of the molecule is C#CCCCC(NC)C1CCOCC1. The molecule has 1 aliphatic heterocycles. The van der Waals surface area contributed by atoms with Gasteiger partial charge in [0.05, 0.1) is 0 Å². The summed E-state index contributed by atoms with van der Waals surface area (Å²) in [6.45, 7) is 1.86. The molecule has 2 heteroatoms. The van der Waals surface area contributed by atoms with Gasteiger partial charge in [-0.3, -0.25) is 0 Å². The second-order valence-corrected chi connectivity index (χ2v) is 3.94. The van der Waals surface area contributed by atoms with Crippen LogP contribution in [0.15, 0.2) is 0 Å². The zero-order valence-electron chi connectivity index (χ0n) is 9.09. The number of ether oxygens (including phenoxy) is 1. The first-order valence-electron chi connectivity index (χ1n) is 5.57. The van der Waals surface area contributed by atoms with Crippen LogP contribution in [0.5, 0.6) is 0 Å². The van der Waals surface area contributed by atoms with Gasteiger partial charge in [-0.05, 0) is 38.6 Å². The third kappa shape index (κ3) is 3.69. The molecule has 0 aromatic rings. The average Bonchev–Trinajstić information content (AvgIpc) is 2.26. The van der Waals surface area contributed by atoms with Crippen molar-refractivity contribution in [2.24, 2.45) is 5.92 Å². The molecule has 2 nitrogen and oxygen atoms in total. The van der Waals surface area contributed by atoms with E-state index in [1.165, 1.54) is 19.3 Å². The van der Waals surface area contributed by atoms with Gasteiger partial charge in [0.2, 0.25) is 0 Å². The lowest BCUT2D eigenvalue weighted by molar-refractivity contribution is 0.0534. The van der Waals surface area contributed by atoms with E-state index >= 15 is 0 Å². The zero-order valence-corrected chi connectivity index (χ0v) is 9.09. The minimum Gasteiger partial charge on any atom is -0.381 e. The van der Waals surface area contributed by atoms with Gasteiger partial charge in [-0.1, -0.05) is 0 Å². The number of unbranched alkanes of at least 4 members (excludes halogenated alkanes) is 1. The molecule has 0 aliphatic carbocycles. The highest BCUT2D eigenvalue weighted by atomic mass is 16.5. The van der Waals surface area contributed by atoms with E-state index in [9.17, 15) is 0 Å². The number of terminal acetylenes is 1. The van der Waals surface area contributed by atoms with Crippen LogP contribution < -0.4 is 5.32 Å². The van der Waals surface area contributed by atoms with Crippen molar-refractivity contribution in [2.45, 2.75) is 38.1 Å². The van der Waals surface area contributed by atoms with Gasteiger partial charge in [0.1, 0.15) is 0 Å². The Labute approximate surface area is 87.4 Å². The van der Waals surface area contributed by atoms with E-state index in [0.29, 0.717) is 6.04 Å². The molecule has 1 unspecified atom stereocenters. The van der Waals surface area contributed by atoms with Gasteiger partial charge < -0.3 is 10.1 Å². The van der Waals surface area contributed by atoms with Gasteiger partial charge in [-0.2, -0.15) is 0 Å². The molecule has 80 valence electrons. The monoisotopic (exact) mass is 195 g/mol. The Balaban J connectivity index is 2.25. The number of hydrogen-bond donors (Lipinski definition) is 1. The maximum atomic E-state index is 5.36. The van der Waals surface area contributed by atoms with E-state index in [4.69, 9.17) is 11.2 Å². The van der Waals surface area contributed by atoms with Crippen LogP contribution in [0.3, 0.4) is 0 Å². The van der Waals surface area contributed by atoms with Crippen LogP contribution in [0.2, 0.25) is 0 Å². The maximum Gasteiger partial charge on any atom is 0.0469 e. The molecule has 0 saturated carbocycles. The summed E-state index contributed by atoms with van der Waals surface area (Å²) < 4.78 is 5.36. The summed E-state index contributed by atoms with van der Waals surface area (Å²) in [6.07, 6.45) is 10.9. The van der Waals surface area contributed by atoms with Gasteiger partial charge >= 0.3 is 0 Å². The Morgan fingerprint density at radius 1 is 1.50 bits per heavy atom. The summed E-state index contributed by atoms with van der Waals surface area (Å²) in [6, 6.07) is 0.632.